The number of nitro groups is 1. The zero-order valence-corrected chi connectivity index (χ0v) is 13.6. The van der Waals surface area contributed by atoms with E-state index in [0.717, 1.165) is 11.1 Å². The van der Waals surface area contributed by atoms with Crippen molar-refractivity contribution < 1.29 is 14.1 Å². The number of amides is 1. The summed E-state index contributed by atoms with van der Waals surface area (Å²) < 4.78 is 13.6. The highest BCUT2D eigenvalue weighted by Gasteiger charge is 2.24. The first-order valence-electron chi connectivity index (χ1n) is 7.85. The molecule has 0 fully saturated rings. The van der Waals surface area contributed by atoms with Gasteiger partial charge in [0.25, 0.3) is 5.69 Å². The van der Waals surface area contributed by atoms with E-state index < -0.39 is 4.92 Å². The van der Waals surface area contributed by atoms with E-state index >= 15 is 0 Å². The number of carbonyl (C=O) groups excluding carboxylic acids is 1. The van der Waals surface area contributed by atoms with Crippen LogP contribution in [-0.2, 0) is 11.3 Å². The van der Waals surface area contributed by atoms with Gasteiger partial charge in [-0.2, -0.15) is 0 Å². The molecule has 1 aromatic heterocycles. The van der Waals surface area contributed by atoms with Crippen LogP contribution in [-0.4, -0.2) is 27.3 Å². The van der Waals surface area contributed by atoms with Crippen LogP contribution in [0.1, 0.15) is 30.5 Å². The molecule has 1 aromatic carbocycles. The average Bonchev–Trinajstić information content (AvgIpc) is 2.75. The maximum atomic E-state index is 13.6. The predicted molar refractivity (Wildman–Crippen MR) is 89.4 cm³/mol. The van der Waals surface area contributed by atoms with Gasteiger partial charge < -0.3 is 10.2 Å². The highest BCUT2D eigenvalue weighted by atomic mass is 19.1. The second kappa shape index (κ2) is 6.84. The monoisotopic (exact) mass is 344 g/mol. The van der Waals surface area contributed by atoms with Crippen molar-refractivity contribution in [2.24, 2.45) is 0 Å². The van der Waals surface area contributed by atoms with Gasteiger partial charge >= 0.3 is 0 Å². The van der Waals surface area contributed by atoms with E-state index in [1.54, 1.807) is 11.0 Å². The van der Waals surface area contributed by atoms with Crippen LogP contribution < -0.4 is 5.32 Å². The van der Waals surface area contributed by atoms with Crippen LogP contribution in [0.2, 0.25) is 0 Å². The van der Waals surface area contributed by atoms with Crippen LogP contribution in [0.3, 0.4) is 0 Å². The summed E-state index contributed by atoms with van der Waals surface area (Å²) in [5, 5.41) is 13.9. The van der Waals surface area contributed by atoms with Crippen molar-refractivity contribution in [2.75, 3.05) is 11.9 Å². The minimum atomic E-state index is -0.509. The molecule has 0 radical (unpaired) electrons. The number of benzene rings is 1. The summed E-state index contributed by atoms with van der Waals surface area (Å²) in [5.74, 6) is 0.0721. The number of carbonyl (C=O) groups is 1. The van der Waals surface area contributed by atoms with Gasteiger partial charge in [-0.15, -0.1) is 0 Å². The highest BCUT2D eigenvalue weighted by Crippen LogP contribution is 2.30. The number of nitrogens with zero attached hydrogens (tertiary/aromatic N) is 3. The van der Waals surface area contributed by atoms with E-state index in [4.69, 9.17) is 0 Å². The van der Waals surface area contributed by atoms with Crippen molar-refractivity contribution >= 4 is 17.4 Å². The first-order valence-corrected chi connectivity index (χ1v) is 7.85. The van der Waals surface area contributed by atoms with E-state index in [9.17, 15) is 19.3 Å². The first kappa shape index (κ1) is 16.8. The second-order valence-electron chi connectivity index (χ2n) is 5.93. The summed E-state index contributed by atoms with van der Waals surface area (Å²) in [5.41, 5.74) is 1.55. The molecule has 7 nitrogen and oxygen atoms in total. The van der Waals surface area contributed by atoms with Crippen LogP contribution in [0.5, 0.6) is 0 Å². The summed E-state index contributed by atoms with van der Waals surface area (Å²) in [6, 6.07) is 7.27. The van der Waals surface area contributed by atoms with Gasteiger partial charge in [-0.05, 0) is 35.7 Å². The molecular formula is C17H17FN4O3. The fourth-order valence-electron chi connectivity index (χ4n) is 2.95. The zero-order valence-electron chi connectivity index (χ0n) is 13.6. The number of hydrogen-bond donors (Lipinski definition) is 1. The quantitative estimate of drug-likeness (QED) is 0.683. The van der Waals surface area contributed by atoms with Gasteiger partial charge in [-0.25, -0.2) is 9.37 Å². The smallest absolute Gasteiger partial charge is 0.287 e. The summed E-state index contributed by atoms with van der Waals surface area (Å²) in [6.45, 7) is 2.37. The minimum Gasteiger partial charge on any atom is -0.363 e. The normalized spacial score (nSPS) is 16.7. The van der Waals surface area contributed by atoms with E-state index in [1.807, 2.05) is 0 Å². The molecule has 0 saturated heterocycles. The fourth-order valence-corrected chi connectivity index (χ4v) is 2.95. The summed E-state index contributed by atoms with van der Waals surface area (Å²) >= 11 is 0. The Morgan fingerprint density at radius 1 is 1.40 bits per heavy atom. The molecule has 1 unspecified atom stereocenters. The Kier molecular flexibility index (Phi) is 4.60. The van der Waals surface area contributed by atoms with Crippen LogP contribution in [0, 0.1) is 15.9 Å². The van der Waals surface area contributed by atoms with Crippen molar-refractivity contribution in [1.82, 2.24) is 9.88 Å². The number of rotatable bonds is 3. The lowest BCUT2D eigenvalue weighted by Crippen LogP contribution is -2.28. The maximum Gasteiger partial charge on any atom is 0.287 e. The molecule has 1 N–H and O–H groups in total. The Morgan fingerprint density at radius 2 is 2.20 bits per heavy atom. The van der Waals surface area contributed by atoms with Crippen LogP contribution in [0.25, 0.3) is 0 Å². The van der Waals surface area contributed by atoms with Gasteiger partial charge in [-0.3, -0.25) is 14.9 Å². The second-order valence-corrected chi connectivity index (χ2v) is 5.93. The average molecular weight is 344 g/mol. The SMILES string of the molecule is CC(=O)N1CCC(Nc2ccc([N+](=O)[O-])cn2)c2ccc(F)cc2C1. The van der Waals surface area contributed by atoms with Crippen LogP contribution in [0.15, 0.2) is 36.5 Å². The van der Waals surface area contributed by atoms with Crippen LogP contribution >= 0.6 is 0 Å². The molecule has 25 heavy (non-hydrogen) atoms. The molecule has 130 valence electrons. The van der Waals surface area contributed by atoms with Crippen molar-refractivity contribution in [3.63, 3.8) is 0 Å². The molecular weight excluding hydrogens is 327 g/mol. The van der Waals surface area contributed by atoms with Gasteiger partial charge in [0.15, 0.2) is 0 Å². The molecule has 1 amide bonds. The third-order valence-electron chi connectivity index (χ3n) is 4.26. The Balaban J connectivity index is 1.88. The Labute approximate surface area is 143 Å². The molecule has 3 rings (SSSR count). The third-order valence-corrected chi connectivity index (χ3v) is 4.26. The molecule has 2 heterocycles. The van der Waals surface area contributed by atoms with E-state index in [0.29, 0.717) is 25.3 Å². The fraction of sp³-hybridized carbons (Fsp3) is 0.294. The maximum absolute atomic E-state index is 13.6. The molecule has 0 saturated carbocycles. The Morgan fingerprint density at radius 3 is 2.84 bits per heavy atom. The molecule has 8 heteroatoms. The number of nitrogens with one attached hydrogen (secondary N) is 1. The number of fused-ring (bicyclic) bond motifs is 1. The van der Waals surface area contributed by atoms with E-state index in [1.165, 1.54) is 37.4 Å². The van der Waals surface area contributed by atoms with Crippen molar-refractivity contribution in [3.8, 4) is 0 Å². The standard InChI is InChI=1S/C17H17FN4O3/c1-11(23)21-7-6-16(15-4-2-13(18)8-12(15)10-21)20-17-5-3-14(9-19-17)22(24)25/h2-5,8-9,16H,6-7,10H2,1H3,(H,19,20). The molecule has 0 spiro atoms. The van der Waals surface area contributed by atoms with E-state index in [-0.39, 0.29) is 23.5 Å². The molecule has 1 atom stereocenters. The number of pyridine rings is 1. The lowest BCUT2D eigenvalue weighted by atomic mass is 9.99. The molecule has 0 aliphatic carbocycles. The lowest BCUT2D eigenvalue weighted by molar-refractivity contribution is -0.385. The first-order chi connectivity index (χ1) is 11.9. The van der Waals surface area contributed by atoms with Gasteiger partial charge in [0.05, 0.1) is 11.0 Å². The number of anilines is 1. The largest absolute Gasteiger partial charge is 0.363 e. The highest BCUT2D eigenvalue weighted by molar-refractivity contribution is 5.73. The van der Waals surface area contributed by atoms with Crippen molar-refractivity contribution in [1.29, 1.82) is 0 Å². The lowest BCUT2D eigenvalue weighted by Gasteiger charge is -2.20. The minimum absolute atomic E-state index is 0.0654. The number of aromatic nitrogens is 1. The summed E-state index contributed by atoms with van der Waals surface area (Å²) in [7, 11) is 0. The summed E-state index contributed by atoms with van der Waals surface area (Å²) in [4.78, 5) is 27.7. The number of hydrogen-bond acceptors (Lipinski definition) is 5. The van der Waals surface area contributed by atoms with Crippen molar-refractivity contribution in [2.45, 2.75) is 25.9 Å². The van der Waals surface area contributed by atoms with Gasteiger partial charge in [0, 0.05) is 26.1 Å². The van der Waals surface area contributed by atoms with Gasteiger partial charge in [0.1, 0.15) is 17.8 Å². The van der Waals surface area contributed by atoms with Gasteiger partial charge in [-0.1, -0.05) is 6.07 Å². The molecule has 2 aromatic rings. The predicted octanol–water partition coefficient (Wildman–Crippen LogP) is 3.03. The summed E-state index contributed by atoms with van der Waals surface area (Å²) in [6.07, 6.45) is 1.81. The van der Waals surface area contributed by atoms with Crippen molar-refractivity contribution in [3.05, 3.63) is 63.6 Å². The topological polar surface area (TPSA) is 88.4 Å². The third kappa shape index (κ3) is 3.73. The van der Waals surface area contributed by atoms with E-state index in [2.05, 4.69) is 10.3 Å². The van der Waals surface area contributed by atoms with Crippen LogP contribution in [0.4, 0.5) is 15.9 Å². The molecule has 0 bridgehead atoms. The molecule has 1 aliphatic heterocycles. The zero-order chi connectivity index (χ0) is 18.0. The Hall–Kier alpha value is -3.03. The Bertz CT molecular complexity index is 810. The molecule has 1 aliphatic rings. The van der Waals surface area contributed by atoms with Gasteiger partial charge in [0.2, 0.25) is 5.91 Å². The number of halogens is 1.